The first kappa shape index (κ1) is 17.4. The molecule has 0 aromatic heterocycles. The topological polar surface area (TPSA) is 32.8 Å². The summed E-state index contributed by atoms with van der Waals surface area (Å²) in [7, 11) is 1.67. The van der Waals surface area contributed by atoms with E-state index in [0.717, 1.165) is 23.0 Å². The van der Waals surface area contributed by atoms with Crippen LogP contribution >= 0.6 is 35.7 Å². The van der Waals surface area contributed by atoms with Crippen molar-refractivity contribution in [1.29, 1.82) is 0 Å². The zero-order valence-electron chi connectivity index (χ0n) is 13.7. The van der Waals surface area contributed by atoms with Gasteiger partial charge in [-0.1, -0.05) is 35.7 Å². The fourth-order valence-corrected chi connectivity index (χ4v) is 5.03. The van der Waals surface area contributed by atoms with E-state index in [2.05, 4.69) is 17.9 Å². The van der Waals surface area contributed by atoms with Crippen LogP contribution in [0.25, 0.3) is 0 Å². The first-order valence-corrected chi connectivity index (χ1v) is 9.72. The quantitative estimate of drug-likeness (QED) is 0.576. The van der Waals surface area contributed by atoms with Crippen LogP contribution in [0.15, 0.2) is 45.2 Å². The molecule has 0 bridgehead atoms. The number of amides is 1. The largest absolute Gasteiger partial charge is 0.497 e. The Morgan fingerprint density at radius 2 is 1.92 bits per heavy atom. The Morgan fingerprint density at radius 1 is 1.17 bits per heavy atom. The summed E-state index contributed by atoms with van der Waals surface area (Å²) in [5, 5.41) is 1.10. The lowest BCUT2D eigenvalue weighted by Gasteiger charge is -2.18. The van der Waals surface area contributed by atoms with Crippen molar-refractivity contribution >= 4 is 51.7 Å². The number of ether oxygens (including phenoxy) is 1. The van der Waals surface area contributed by atoms with Gasteiger partial charge in [0.1, 0.15) is 10.1 Å². The molecular formula is C17H18N2O2S3. The maximum atomic E-state index is 12.3. The van der Waals surface area contributed by atoms with Gasteiger partial charge in [0.15, 0.2) is 0 Å². The Labute approximate surface area is 155 Å². The van der Waals surface area contributed by atoms with Gasteiger partial charge >= 0.3 is 0 Å². The van der Waals surface area contributed by atoms with Crippen LogP contribution in [0.4, 0.5) is 5.69 Å². The van der Waals surface area contributed by atoms with E-state index in [1.54, 1.807) is 23.8 Å². The summed E-state index contributed by atoms with van der Waals surface area (Å²) in [5.74, 6) is 0.840. The number of methoxy groups -OCH3 is 1. The van der Waals surface area contributed by atoms with Crippen molar-refractivity contribution < 1.29 is 9.53 Å². The predicted octanol–water partition coefficient (Wildman–Crippen LogP) is 4.23. The van der Waals surface area contributed by atoms with Gasteiger partial charge in [-0.05, 0) is 38.1 Å². The summed E-state index contributed by atoms with van der Waals surface area (Å²) in [6, 6.07) is 6.08. The summed E-state index contributed by atoms with van der Waals surface area (Å²) >= 11 is 8.32. The number of anilines is 1. The number of nitrogens with zero attached hydrogens (tertiary/aromatic N) is 2. The van der Waals surface area contributed by atoms with Crippen molar-refractivity contribution in [2.45, 2.75) is 18.7 Å². The van der Waals surface area contributed by atoms with Crippen LogP contribution in [-0.4, -0.2) is 35.3 Å². The molecule has 0 radical (unpaired) electrons. The van der Waals surface area contributed by atoms with Gasteiger partial charge in [-0.25, -0.2) is 0 Å². The van der Waals surface area contributed by atoms with Gasteiger partial charge in [-0.3, -0.25) is 9.69 Å². The molecule has 0 N–H and O–H groups in total. The monoisotopic (exact) mass is 378 g/mol. The van der Waals surface area contributed by atoms with Crippen LogP contribution < -0.4 is 9.64 Å². The van der Waals surface area contributed by atoms with Crippen LogP contribution in [0.2, 0.25) is 0 Å². The number of thioether (sulfide) groups is 2. The van der Waals surface area contributed by atoms with Gasteiger partial charge in [0.25, 0.3) is 5.91 Å². The molecule has 1 fully saturated rings. The molecule has 3 rings (SSSR count). The van der Waals surface area contributed by atoms with Crippen molar-refractivity contribution in [3.05, 3.63) is 40.3 Å². The highest BCUT2D eigenvalue weighted by molar-refractivity contribution is 8.26. The third kappa shape index (κ3) is 3.08. The molecule has 0 spiro atoms. The standard InChI is InChI=1S/C17H18N2O2S3/c1-4-18-12-10-11(21-3)6-7-13(12)23-15(18)9-8-14-16(20)19(5-2)17(22)24-14/h6-10H,4-5H2,1-3H3/b14-8+,15-9-. The number of carbonyl (C=O) groups is 1. The van der Waals surface area contributed by atoms with Crippen LogP contribution in [-0.2, 0) is 4.79 Å². The molecule has 4 nitrogen and oxygen atoms in total. The molecule has 2 aliphatic rings. The molecule has 1 saturated heterocycles. The van der Waals surface area contributed by atoms with E-state index >= 15 is 0 Å². The first-order valence-electron chi connectivity index (χ1n) is 7.68. The zero-order chi connectivity index (χ0) is 17.3. The van der Waals surface area contributed by atoms with Gasteiger partial charge in [0.05, 0.1) is 22.7 Å². The minimum Gasteiger partial charge on any atom is -0.497 e. The summed E-state index contributed by atoms with van der Waals surface area (Å²) in [6.45, 7) is 5.50. The Hall–Kier alpha value is -1.44. The highest BCUT2D eigenvalue weighted by Gasteiger charge is 2.30. The van der Waals surface area contributed by atoms with Crippen molar-refractivity contribution in [2.75, 3.05) is 25.1 Å². The molecule has 126 valence electrons. The minimum absolute atomic E-state index is 0.00502. The van der Waals surface area contributed by atoms with E-state index in [4.69, 9.17) is 17.0 Å². The van der Waals surface area contributed by atoms with Crippen molar-refractivity contribution in [3.8, 4) is 5.75 Å². The van der Waals surface area contributed by atoms with E-state index in [0.29, 0.717) is 15.8 Å². The van der Waals surface area contributed by atoms with E-state index in [-0.39, 0.29) is 5.91 Å². The predicted molar refractivity (Wildman–Crippen MR) is 106 cm³/mol. The average molecular weight is 379 g/mol. The number of hydrogen-bond acceptors (Lipinski definition) is 6. The first-order chi connectivity index (χ1) is 11.6. The maximum Gasteiger partial charge on any atom is 0.266 e. The molecule has 1 amide bonds. The fourth-order valence-electron chi connectivity index (χ4n) is 2.59. The minimum atomic E-state index is -0.00502. The lowest BCUT2D eigenvalue weighted by atomic mass is 10.2. The lowest BCUT2D eigenvalue weighted by molar-refractivity contribution is -0.122. The number of fused-ring (bicyclic) bond motifs is 1. The van der Waals surface area contributed by atoms with Gasteiger partial charge in [0, 0.05) is 24.1 Å². The highest BCUT2D eigenvalue weighted by atomic mass is 32.2. The number of carbonyl (C=O) groups excluding carboxylic acids is 1. The Balaban J connectivity index is 1.88. The number of hydrogen-bond donors (Lipinski definition) is 0. The number of benzene rings is 1. The molecule has 7 heteroatoms. The van der Waals surface area contributed by atoms with E-state index in [9.17, 15) is 4.79 Å². The molecule has 2 aliphatic heterocycles. The van der Waals surface area contributed by atoms with Crippen molar-refractivity contribution in [3.63, 3.8) is 0 Å². The third-order valence-electron chi connectivity index (χ3n) is 3.82. The average Bonchev–Trinajstić information content (AvgIpc) is 3.08. The summed E-state index contributed by atoms with van der Waals surface area (Å²) < 4.78 is 5.95. The molecule has 1 aromatic carbocycles. The van der Waals surface area contributed by atoms with Crippen LogP contribution in [0.1, 0.15) is 13.8 Å². The van der Waals surface area contributed by atoms with E-state index < -0.39 is 0 Å². The maximum absolute atomic E-state index is 12.3. The fraction of sp³-hybridized carbons (Fsp3) is 0.294. The van der Waals surface area contributed by atoms with E-state index in [1.807, 2.05) is 31.2 Å². The van der Waals surface area contributed by atoms with Crippen molar-refractivity contribution in [2.24, 2.45) is 0 Å². The number of thiocarbonyl (C=S) groups is 1. The molecule has 0 unspecified atom stereocenters. The SMILES string of the molecule is CCN1C(=O)/C(=C\C=C2/Sc3ccc(OC)cc3N2CC)SC1=S. The zero-order valence-corrected chi connectivity index (χ0v) is 16.2. The van der Waals surface area contributed by atoms with Gasteiger partial charge in [-0.2, -0.15) is 0 Å². The molecule has 2 heterocycles. The summed E-state index contributed by atoms with van der Waals surface area (Å²) in [6.07, 6.45) is 3.88. The Bertz CT molecular complexity index is 758. The molecule has 24 heavy (non-hydrogen) atoms. The van der Waals surface area contributed by atoms with Gasteiger partial charge in [0.2, 0.25) is 0 Å². The summed E-state index contributed by atoms with van der Waals surface area (Å²) in [4.78, 5) is 18.0. The molecular weight excluding hydrogens is 360 g/mol. The second kappa shape index (κ2) is 7.21. The number of rotatable bonds is 4. The van der Waals surface area contributed by atoms with Crippen LogP contribution in [0.3, 0.4) is 0 Å². The normalized spacial score (nSPS) is 20.5. The smallest absolute Gasteiger partial charge is 0.266 e. The van der Waals surface area contributed by atoms with Crippen LogP contribution in [0.5, 0.6) is 5.75 Å². The molecule has 0 saturated carbocycles. The second-order valence-electron chi connectivity index (χ2n) is 5.13. The second-order valence-corrected chi connectivity index (χ2v) is 7.87. The Morgan fingerprint density at radius 3 is 2.54 bits per heavy atom. The van der Waals surface area contributed by atoms with Gasteiger partial charge < -0.3 is 9.64 Å². The van der Waals surface area contributed by atoms with Crippen molar-refractivity contribution in [1.82, 2.24) is 4.90 Å². The molecule has 1 aromatic rings. The van der Waals surface area contributed by atoms with Gasteiger partial charge in [-0.15, -0.1) is 0 Å². The van der Waals surface area contributed by atoms with Crippen LogP contribution in [0, 0.1) is 0 Å². The third-order valence-corrected chi connectivity index (χ3v) is 6.35. The number of likely N-dealkylation sites (N-methyl/N-ethyl adjacent to an activating group) is 1. The molecule has 0 atom stereocenters. The molecule has 0 aliphatic carbocycles. The highest BCUT2D eigenvalue weighted by Crippen LogP contribution is 2.47. The Kier molecular flexibility index (Phi) is 5.22. The van der Waals surface area contributed by atoms with E-state index in [1.165, 1.54) is 16.7 Å². The number of allylic oxidation sites excluding steroid dienone is 2. The lowest BCUT2D eigenvalue weighted by Crippen LogP contribution is -2.27. The summed E-state index contributed by atoms with van der Waals surface area (Å²) in [5.41, 5.74) is 1.14.